The Bertz CT molecular complexity index is 845. The van der Waals surface area contributed by atoms with Gasteiger partial charge in [0, 0.05) is 17.5 Å². The number of aromatic nitrogens is 2. The number of nitrogens with zero attached hydrogens (tertiary/aromatic N) is 3. The lowest BCUT2D eigenvalue weighted by atomic mass is 10.1. The Balaban J connectivity index is 0.00000261. The first kappa shape index (κ1) is 21.1. The van der Waals surface area contributed by atoms with Crippen molar-refractivity contribution >= 4 is 29.1 Å². The van der Waals surface area contributed by atoms with Gasteiger partial charge < -0.3 is 10.2 Å². The maximum absolute atomic E-state index is 4.82. The summed E-state index contributed by atoms with van der Waals surface area (Å²) in [5.41, 5.74) is 3.26. The van der Waals surface area contributed by atoms with Gasteiger partial charge in [-0.05, 0) is 45.1 Å². The van der Waals surface area contributed by atoms with Crippen LogP contribution in [0.25, 0.3) is 22.3 Å². The van der Waals surface area contributed by atoms with Crippen LogP contribution in [0.3, 0.4) is 0 Å². The molecule has 27 heavy (non-hydrogen) atoms. The van der Waals surface area contributed by atoms with Crippen LogP contribution in [0.4, 0.5) is 5.82 Å². The summed E-state index contributed by atoms with van der Waals surface area (Å²) in [7, 11) is 0. The Morgan fingerprint density at radius 2 is 1.63 bits per heavy atom. The van der Waals surface area contributed by atoms with E-state index < -0.39 is 0 Å². The minimum atomic E-state index is 0. The van der Waals surface area contributed by atoms with Gasteiger partial charge in [-0.15, -0.1) is 12.4 Å². The fourth-order valence-corrected chi connectivity index (χ4v) is 3.09. The van der Waals surface area contributed by atoms with Crippen molar-refractivity contribution in [1.82, 2.24) is 14.9 Å². The molecule has 1 heterocycles. The summed E-state index contributed by atoms with van der Waals surface area (Å²) in [6.45, 7) is 10.7. The van der Waals surface area contributed by atoms with E-state index in [1.165, 1.54) is 5.56 Å². The van der Waals surface area contributed by atoms with Gasteiger partial charge in [-0.3, -0.25) is 0 Å². The lowest BCUT2D eigenvalue weighted by Crippen LogP contribution is -2.25. The molecular weight excluding hydrogens is 356 g/mol. The van der Waals surface area contributed by atoms with Crippen molar-refractivity contribution in [1.29, 1.82) is 0 Å². The lowest BCUT2D eigenvalue weighted by molar-refractivity contribution is 0.303. The summed E-state index contributed by atoms with van der Waals surface area (Å²) in [6, 6.07) is 16.6. The molecule has 0 atom stereocenters. The Kier molecular flexibility index (Phi) is 8.01. The molecule has 1 N–H and O–H groups in total. The first-order valence-corrected chi connectivity index (χ1v) is 9.51. The standard InChI is InChI=1S/C22H28N4.ClH/c1-4-26(5-2)16-8-15-23-22-19-9-6-7-10-20(19)24-21(25-22)18-13-11-17(3)12-14-18;/h6-7,9-14H,4-5,8,15-16H2,1-3H3,(H,23,24,25);1H. The SMILES string of the molecule is CCN(CC)CCCNc1nc(-c2ccc(C)cc2)nc2ccccc12.Cl. The zero-order valence-electron chi connectivity index (χ0n) is 16.4. The van der Waals surface area contributed by atoms with Crippen LogP contribution in [0, 0.1) is 6.92 Å². The molecule has 5 heteroatoms. The van der Waals surface area contributed by atoms with Crippen LogP contribution in [0.2, 0.25) is 0 Å². The predicted molar refractivity (Wildman–Crippen MR) is 118 cm³/mol. The van der Waals surface area contributed by atoms with Gasteiger partial charge in [0.1, 0.15) is 5.82 Å². The highest BCUT2D eigenvalue weighted by molar-refractivity contribution is 5.90. The molecule has 0 radical (unpaired) electrons. The number of halogens is 1. The van der Waals surface area contributed by atoms with Gasteiger partial charge in [0.25, 0.3) is 0 Å². The Morgan fingerprint density at radius 3 is 2.33 bits per heavy atom. The van der Waals surface area contributed by atoms with E-state index in [9.17, 15) is 0 Å². The van der Waals surface area contributed by atoms with Crippen LogP contribution in [-0.2, 0) is 0 Å². The van der Waals surface area contributed by atoms with E-state index >= 15 is 0 Å². The van der Waals surface area contributed by atoms with Crippen molar-refractivity contribution in [3.63, 3.8) is 0 Å². The number of rotatable bonds is 8. The number of hydrogen-bond donors (Lipinski definition) is 1. The van der Waals surface area contributed by atoms with Crippen molar-refractivity contribution in [3.05, 3.63) is 54.1 Å². The zero-order valence-corrected chi connectivity index (χ0v) is 17.2. The summed E-state index contributed by atoms with van der Waals surface area (Å²) in [5.74, 6) is 1.70. The van der Waals surface area contributed by atoms with E-state index in [-0.39, 0.29) is 12.4 Å². The second-order valence-electron chi connectivity index (χ2n) is 6.59. The summed E-state index contributed by atoms with van der Waals surface area (Å²) < 4.78 is 0. The van der Waals surface area contributed by atoms with Crippen LogP contribution >= 0.6 is 12.4 Å². The average Bonchev–Trinajstić information content (AvgIpc) is 2.68. The molecule has 0 bridgehead atoms. The quantitative estimate of drug-likeness (QED) is 0.544. The van der Waals surface area contributed by atoms with Crippen molar-refractivity contribution in [3.8, 4) is 11.4 Å². The van der Waals surface area contributed by atoms with Gasteiger partial charge in [-0.2, -0.15) is 0 Å². The molecule has 0 saturated carbocycles. The van der Waals surface area contributed by atoms with E-state index in [0.717, 1.165) is 60.7 Å². The van der Waals surface area contributed by atoms with Crippen LogP contribution in [0.15, 0.2) is 48.5 Å². The summed E-state index contributed by atoms with van der Waals surface area (Å²) in [4.78, 5) is 12.0. The number of fused-ring (bicyclic) bond motifs is 1. The van der Waals surface area contributed by atoms with E-state index in [4.69, 9.17) is 9.97 Å². The Labute approximate surface area is 168 Å². The van der Waals surface area contributed by atoms with Crippen LogP contribution in [-0.4, -0.2) is 41.0 Å². The van der Waals surface area contributed by atoms with Crippen molar-refractivity contribution in [2.45, 2.75) is 27.2 Å². The number of benzene rings is 2. The van der Waals surface area contributed by atoms with Crippen molar-refractivity contribution in [2.75, 3.05) is 31.5 Å². The Morgan fingerprint density at radius 1 is 0.926 bits per heavy atom. The molecule has 0 aliphatic carbocycles. The number of hydrogen-bond acceptors (Lipinski definition) is 4. The molecular formula is C22H29ClN4. The van der Waals surface area contributed by atoms with Gasteiger partial charge in [0.15, 0.2) is 5.82 Å². The fraction of sp³-hybridized carbons (Fsp3) is 0.364. The second-order valence-corrected chi connectivity index (χ2v) is 6.59. The summed E-state index contributed by atoms with van der Waals surface area (Å²) in [6.07, 6.45) is 1.10. The molecule has 0 aliphatic rings. The first-order valence-electron chi connectivity index (χ1n) is 9.51. The van der Waals surface area contributed by atoms with Gasteiger partial charge in [0.05, 0.1) is 5.52 Å². The fourth-order valence-electron chi connectivity index (χ4n) is 3.09. The highest BCUT2D eigenvalue weighted by Crippen LogP contribution is 2.25. The summed E-state index contributed by atoms with van der Waals surface area (Å²) >= 11 is 0. The predicted octanol–water partition coefficient (Wildman–Crippen LogP) is 5.17. The number of anilines is 1. The van der Waals surface area contributed by atoms with Gasteiger partial charge in [0.2, 0.25) is 0 Å². The van der Waals surface area contributed by atoms with Gasteiger partial charge in [-0.25, -0.2) is 9.97 Å². The monoisotopic (exact) mass is 384 g/mol. The van der Waals surface area contributed by atoms with Crippen molar-refractivity contribution < 1.29 is 0 Å². The van der Waals surface area contributed by atoms with E-state index in [2.05, 4.69) is 67.4 Å². The van der Waals surface area contributed by atoms with Crippen molar-refractivity contribution in [2.24, 2.45) is 0 Å². The molecule has 0 spiro atoms. The molecule has 3 rings (SSSR count). The minimum Gasteiger partial charge on any atom is -0.369 e. The third-order valence-electron chi connectivity index (χ3n) is 4.75. The topological polar surface area (TPSA) is 41.0 Å². The van der Waals surface area contributed by atoms with E-state index in [1.54, 1.807) is 0 Å². The highest BCUT2D eigenvalue weighted by Gasteiger charge is 2.09. The highest BCUT2D eigenvalue weighted by atomic mass is 35.5. The van der Waals surface area contributed by atoms with E-state index in [0.29, 0.717) is 0 Å². The normalized spacial score (nSPS) is 10.8. The maximum atomic E-state index is 4.82. The molecule has 3 aromatic rings. The second kappa shape index (κ2) is 10.2. The largest absolute Gasteiger partial charge is 0.369 e. The van der Waals surface area contributed by atoms with Crippen LogP contribution in [0.5, 0.6) is 0 Å². The van der Waals surface area contributed by atoms with Crippen LogP contribution in [0.1, 0.15) is 25.8 Å². The molecule has 4 nitrogen and oxygen atoms in total. The lowest BCUT2D eigenvalue weighted by Gasteiger charge is -2.18. The van der Waals surface area contributed by atoms with Crippen LogP contribution < -0.4 is 5.32 Å². The number of nitrogens with one attached hydrogen (secondary N) is 1. The molecule has 0 fully saturated rings. The minimum absolute atomic E-state index is 0. The molecule has 1 aromatic heterocycles. The molecule has 0 amide bonds. The van der Waals surface area contributed by atoms with Gasteiger partial charge in [-0.1, -0.05) is 55.8 Å². The molecule has 2 aromatic carbocycles. The molecule has 0 aliphatic heterocycles. The number of para-hydroxylation sites is 1. The smallest absolute Gasteiger partial charge is 0.162 e. The summed E-state index contributed by atoms with van der Waals surface area (Å²) in [5, 5.41) is 4.61. The average molecular weight is 385 g/mol. The number of aryl methyl sites for hydroxylation is 1. The first-order chi connectivity index (χ1) is 12.7. The maximum Gasteiger partial charge on any atom is 0.162 e. The molecule has 0 saturated heterocycles. The molecule has 144 valence electrons. The Hall–Kier alpha value is -2.17. The molecule has 0 unspecified atom stereocenters. The third-order valence-corrected chi connectivity index (χ3v) is 4.75. The third kappa shape index (κ3) is 5.41. The van der Waals surface area contributed by atoms with Gasteiger partial charge >= 0.3 is 0 Å². The van der Waals surface area contributed by atoms with E-state index in [1.807, 2.05) is 12.1 Å². The zero-order chi connectivity index (χ0) is 18.4.